The maximum absolute atomic E-state index is 13.2. The molecule has 10 heteroatoms. The van der Waals surface area contributed by atoms with E-state index in [2.05, 4.69) is 0 Å². The number of amides is 2. The van der Waals surface area contributed by atoms with Gasteiger partial charge in [0.25, 0.3) is 0 Å². The van der Waals surface area contributed by atoms with E-state index < -0.39 is 6.09 Å². The van der Waals surface area contributed by atoms with E-state index >= 15 is 0 Å². The lowest BCUT2D eigenvalue weighted by molar-refractivity contribution is -0.121. The van der Waals surface area contributed by atoms with Crippen LogP contribution in [0.2, 0.25) is 0 Å². The highest BCUT2D eigenvalue weighted by molar-refractivity contribution is 6.00. The summed E-state index contributed by atoms with van der Waals surface area (Å²) in [5.74, 6) is 0.708. The molecular formula is C35H35N5O5. The van der Waals surface area contributed by atoms with Crippen LogP contribution in [-0.4, -0.2) is 56.4 Å². The summed E-state index contributed by atoms with van der Waals surface area (Å²) in [5.41, 5.74) is 5.05. The molecule has 1 aliphatic rings. The first-order valence-corrected chi connectivity index (χ1v) is 14.9. The molecule has 3 aromatic carbocycles. The Morgan fingerprint density at radius 3 is 2.29 bits per heavy atom. The Hall–Kier alpha value is -5.38. The van der Waals surface area contributed by atoms with Crippen molar-refractivity contribution in [3.63, 3.8) is 0 Å². The van der Waals surface area contributed by atoms with Crippen molar-refractivity contribution in [2.45, 2.75) is 32.6 Å². The van der Waals surface area contributed by atoms with Crippen LogP contribution in [0.5, 0.6) is 11.8 Å². The van der Waals surface area contributed by atoms with Crippen molar-refractivity contribution in [3.05, 3.63) is 102 Å². The molecule has 1 N–H and O–H groups in total. The Labute approximate surface area is 261 Å². The van der Waals surface area contributed by atoms with Gasteiger partial charge >= 0.3 is 6.09 Å². The lowest BCUT2D eigenvalue weighted by Gasteiger charge is -2.39. The molecule has 0 spiro atoms. The van der Waals surface area contributed by atoms with Gasteiger partial charge in [0.2, 0.25) is 17.7 Å². The fourth-order valence-electron chi connectivity index (χ4n) is 5.78. The van der Waals surface area contributed by atoms with E-state index in [0.717, 1.165) is 33.3 Å². The van der Waals surface area contributed by atoms with Crippen LogP contribution in [0.1, 0.15) is 24.5 Å². The summed E-state index contributed by atoms with van der Waals surface area (Å²) in [6, 6.07) is 29.0. The van der Waals surface area contributed by atoms with Crippen LogP contribution >= 0.6 is 0 Å². The minimum absolute atomic E-state index is 0.0281. The van der Waals surface area contributed by atoms with Crippen LogP contribution in [0.25, 0.3) is 22.2 Å². The number of aromatic nitrogens is 3. The molecule has 0 saturated carbocycles. The molecule has 3 heterocycles. The van der Waals surface area contributed by atoms with Gasteiger partial charge in [0, 0.05) is 50.2 Å². The van der Waals surface area contributed by atoms with E-state index in [1.807, 2.05) is 105 Å². The van der Waals surface area contributed by atoms with Gasteiger partial charge in [-0.3, -0.25) is 9.48 Å². The SMILES string of the molecule is C[C@H]1CN(c2ccc3c(-c4ccc(OCc5ccccc5)nc4OCc4ccccc4)nn(C)c3c2)C(=O)C[C@H]1N(C)C(=O)O. The van der Waals surface area contributed by atoms with Gasteiger partial charge in [0.1, 0.15) is 18.9 Å². The van der Waals surface area contributed by atoms with Gasteiger partial charge < -0.3 is 24.4 Å². The average Bonchev–Trinajstić information content (AvgIpc) is 3.39. The number of carbonyl (C=O) groups excluding carboxylic acids is 1. The molecule has 230 valence electrons. The molecule has 1 fully saturated rings. The van der Waals surface area contributed by atoms with Crippen molar-refractivity contribution in [2.24, 2.45) is 13.0 Å². The Kier molecular flexibility index (Phi) is 8.37. The Bertz CT molecular complexity index is 1830. The van der Waals surface area contributed by atoms with Gasteiger partial charge in [0.15, 0.2) is 0 Å². The van der Waals surface area contributed by atoms with E-state index in [-0.39, 0.29) is 24.3 Å². The highest BCUT2D eigenvalue weighted by atomic mass is 16.5. The standard InChI is InChI=1S/C35H35N5O5/c1-23-20-40(32(41)19-29(23)38(2)35(42)43)26-14-15-27-30(18-26)39(3)37-33(27)28-16-17-31(44-21-24-10-6-4-7-11-24)36-34(28)45-22-25-12-8-5-9-13-25/h4-18,23,29H,19-22H2,1-3H3,(H,42,43)/t23-,29+/m0/s1. The first-order valence-electron chi connectivity index (χ1n) is 14.9. The topological polar surface area (TPSA) is 110 Å². The minimum atomic E-state index is -1.03. The zero-order valence-corrected chi connectivity index (χ0v) is 25.5. The molecule has 1 aliphatic heterocycles. The second kappa shape index (κ2) is 12.7. The summed E-state index contributed by atoms with van der Waals surface area (Å²) in [7, 11) is 3.38. The zero-order valence-electron chi connectivity index (χ0n) is 25.5. The third-order valence-corrected chi connectivity index (χ3v) is 8.30. The number of aryl methyl sites for hydroxylation is 1. The summed E-state index contributed by atoms with van der Waals surface area (Å²) in [6.07, 6.45) is -0.903. The number of piperidine rings is 1. The Morgan fingerprint density at radius 2 is 1.62 bits per heavy atom. The Balaban J connectivity index is 1.31. The monoisotopic (exact) mass is 605 g/mol. The second-order valence-electron chi connectivity index (χ2n) is 11.4. The molecule has 5 aromatic rings. The number of rotatable bonds is 9. The van der Waals surface area contributed by atoms with Gasteiger partial charge in [-0.15, -0.1) is 0 Å². The largest absolute Gasteiger partial charge is 0.473 e. The van der Waals surface area contributed by atoms with Crippen LogP contribution in [0.3, 0.4) is 0 Å². The number of ether oxygens (including phenoxy) is 2. The van der Waals surface area contributed by atoms with E-state index in [4.69, 9.17) is 19.6 Å². The van der Waals surface area contributed by atoms with Gasteiger partial charge in [-0.1, -0.05) is 67.6 Å². The summed E-state index contributed by atoms with van der Waals surface area (Å²) in [4.78, 5) is 32.4. The quantitative estimate of drug-likeness (QED) is 0.215. The van der Waals surface area contributed by atoms with Gasteiger partial charge in [-0.2, -0.15) is 10.1 Å². The number of benzene rings is 3. The van der Waals surface area contributed by atoms with Crippen molar-refractivity contribution in [2.75, 3.05) is 18.5 Å². The van der Waals surface area contributed by atoms with Crippen molar-refractivity contribution in [3.8, 4) is 23.0 Å². The molecule has 0 bridgehead atoms. The van der Waals surface area contributed by atoms with Crippen LogP contribution in [-0.2, 0) is 25.1 Å². The second-order valence-corrected chi connectivity index (χ2v) is 11.4. The van der Waals surface area contributed by atoms with Crippen molar-refractivity contribution in [1.29, 1.82) is 0 Å². The van der Waals surface area contributed by atoms with Crippen LogP contribution < -0.4 is 14.4 Å². The molecule has 6 rings (SSSR count). The number of anilines is 1. The van der Waals surface area contributed by atoms with Gasteiger partial charge in [0.05, 0.1) is 11.1 Å². The fourth-order valence-corrected chi connectivity index (χ4v) is 5.78. The average molecular weight is 606 g/mol. The number of hydrogen-bond acceptors (Lipinski definition) is 6. The molecule has 10 nitrogen and oxygen atoms in total. The lowest BCUT2D eigenvalue weighted by Crippen LogP contribution is -2.53. The molecule has 45 heavy (non-hydrogen) atoms. The zero-order chi connectivity index (χ0) is 31.5. The predicted octanol–water partition coefficient (Wildman–Crippen LogP) is 6.14. The minimum Gasteiger partial charge on any atom is -0.473 e. The highest BCUT2D eigenvalue weighted by Gasteiger charge is 2.36. The van der Waals surface area contributed by atoms with E-state index in [9.17, 15) is 14.7 Å². The first kappa shape index (κ1) is 29.7. The summed E-state index contributed by atoms with van der Waals surface area (Å²) < 4.78 is 14.1. The maximum atomic E-state index is 13.2. The molecule has 2 atom stereocenters. The molecule has 0 unspecified atom stereocenters. The predicted molar refractivity (Wildman–Crippen MR) is 171 cm³/mol. The normalized spacial score (nSPS) is 16.5. The lowest BCUT2D eigenvalue weighted by atomic mass is 9.92. The van der Waals surface area contributed by atoms with Crippen LogP contribution in [0.15, 0.2) is 91.0 Å². The number of nitrogens with zero attached hydrogens (tertiary/aromatic N) is 5. The van der Waals surface area contributed by atoms with Crippen molar-refractivity contribution >= 4 is 28.6 Å². The van der Waals surface area contributed by atoms with Gasteiger partial charge in [-0.25, -0.2) is 4.79 Å². The number of fused-ring (bicyclic) bond motifs is 1. The molecule has 0 aliphatic carbocycles. The number of carboxylic acid groups (broad SMARTS) is 1. The molecule has 0 radical (unpaired) electrons. The third-order valence-electron chi connectivity index (χ3n) is 8.30. The summed E-state index contributed by atoms with van der Waals surface area (Å²) in [5, 5.41) is 15.2. The highest BCUT2D eigenvalue weighted by Crippen LogP contribution is 2.37. The number of pyridine rings is 1. The van der Waals surface area contributed by atoms with E-state index in [0.29, 0.717) is 37.2 Å². The van der Waals surface area contributed by atoms with Crippen LogP contribution in [0.4, 0.5) is 10.5 Å². The van der Waals surface area contributed by atoms with Crippen molar-refractivity contribution < 1.29 is 24.2 Å². The number of hydrogen-bond donors (Lipinski definition) is 1. The molecule has 2 amide bonds. The Morgan fingerprint density at radius 1 is 0.956 bits per heavy atom. The maximum Gasteiger partial charge on any atom is 0.407 e. The van der Waals surface area contributed by atoms with Crippen LogP contribution in [0, 0.1) is 5.92 Å². The molecule has 2 aromatic heterocycles. The van der Waals surface area contributed by atoms with Crippen molar-refractivity contribution in [1.82, 2.24) is 19.7 Å². The molecule has 1 saturated heterocycles. The van der Waals surface area contributed by atoms with Gasteiger partial charge in [-0.05, 0) is 41.3 Å². The van der Waals surface area contributed by atoms with E-state index in [1.54, 1.807) is 9.58 Å². The smallest absolute Gasteiger partial charge is 0.407 e. The molecular weight excluding hydrogens is 570 g/mol. The fraction of sp³-hybridized carbons (Fsp3) is 0.257. The summed E-state index contributed by atoms with van der Waals surface area (Å²) in [6.45, 7) is 3.09. The third kappa shape index (κ3) is 6.31. The first-order chi connectivity index (χ1) is 21.8. The van der Waals surface area contributed by atoms with E-state index in [1.165, 1.54) is 11.9 Å². The summed E-state index contributed by atoms with van der Waals surface area (Å²) >= 11 is 0. The number of carbonyl (C=O) groups is 2.